The number of hydrogen-bond donors (Lipinski definition) is 3. The van der Waals surface area contributed by atoms with E-state index in [1.54, 1.807) is 0 Å². The van der Waals surface area contributed by atoms with Gasteiger partial charge in [0, 0.05) is 12.8 Å². The number of carbonyl (C=O) groups is 3. The topological polar surface area (TPSA) is 105 Å². The molecule has 7 heteroatoms. The average molecular weight is 459 g/mol. The highest BCUT2D eigenvalue weighted by Gasteiger charge is 2.31. The molecule has 0 aromatic heterocycles. The number of amides is 2. The fraction of sp³-hybridized carbons (Fsp3) is 0.577. The number of aliphatic hydroxyl groups is 1. The molecule has 0 fully saturated rings. The molecule has 1 aliphatic heterocycles. The van der Waals surface area contributed by atoms with Crippen molar-refractivity contribution in [2.45, 2.75) is 71.4 Å². The van der Waals surface area contributed by atoms with Crippen LogP contribution in [0.5, 0.6) is 0 Å². The van der Waals surface area contributed by atoms with E-state index in [2.05, 4.69) is 10.6 Å². The summed E-state index contributed by atoms with van der Waals surface area (Å²) in [6.45, 7) is 5.84. The molecule has 7 nitrogen and oxygen atoms in total. The first-order chi connectivity index (χ1) is 15.7. The molecular formula is C26H38N2O5. The Bertz CT molecular complexity index is 801. The Morgan fingerprint density at radius 2 is 1.94 bits per heavy atom. The van der Waals surface area contributed by atoms with Crippen LogP contribution in [-0.2, 0) is 25.5 Å². The smallest absolute Gasteiger partial charge is 0.305 e. The second kappa shape index (κ2) is 13.1. The minimum absolute atomic E-state index is 0.0120. The Labute approximate surface area is 197 Å². The van der Waals surface area contributed by atoms with Gasteiger partial charge in [-0.05, 0) is 36.7 Å². The van der Waals surface area contributed by atoms with Crippen molar-refractivity contribution in [3.63, 3.8) is 0 Å². The van der Waals surface area contributed by atoms with Crippen molar-refractivity contribution in [1.82, 2.24) is 10.6 Å². The zero-order valence-corrected chi connectivity index (χ0v) is 20.0. The van der Waals surface area contributed by atoms with E-state index in [9.17, 15) is 19.5 Å². The molecule has 1 heterocycles. The van der Waals surface area contributed by atoms with Gasteiger partial charge >= 0.3 is 5.97 Å². The molecular weight excluding hydrogens is 420 g/mol. The van der Waals surface area contributed by atoms with Gasteiger partial charge in [-0.15, -0.1) is 0 Å². The van der Waals surface area contributed by atoms with Gasteiger partial charge in [0.05, 0.1) is 24.6 Å². The van der Waals surface area contributed by atoms with Crippen molar-refractivity contribution in [3.05, 3.63) is 48.0 Å². The molecule has 3 atom stereocenters. The zero-order chi connectivity index (χ0) is 24.3. The molecule has 0 bridgehead atoms. The summed E-state index contributed by atoms with van der Waals surface area (Å²) in [5.74, 6) is -1.34. The first kappa shape index (κ1) is 26.6. The number of allylic oxidation sites excluding steroid dienone is 2. The van der Waals surface area contributed by atoms with Gasteiger partial charge in [0.1, 0.15) is 6.61 Å². The van der Waals surface area contributed by atoms with Crippen LogP contribution in [0.2, 0.25) is 0 Å². The molecule has 0 saturated heterocycles. The average Bonchev–Trinajstić information content (AvgIpc) is 2.78. The van der Waals surface area contributed by atoms with Crippen LogP contribution in [0.4, 0.5) is 0 Å². The number of aliphatic hydroxyl groups excluding tert-OH is 1. The maximum Gasteiger partial charge on any atom is 0.305 e. The lowest BCUT2D eigenvalue weighted by Gasteiger charge is -2.32. The predicted octanol–water partition coefficient (Wildman–Crippen LogP) is 2.92. The highest BCUT2D eigenvalue weighted by molar-refractivity contribution is 5.86. The third kappa shape index (κ3) is 9.78. The first-order valence-electron chi connectivity index (χ1n) is 11.7. The molecule has 33 heavy (non-hydrogen) atoms. The third-order valence-corrected chi connectivity index (χ3v) is 5.82. The Morgan fingerprint density at radius 3 is 2.61 bits per heavy atom. The molecule has 182 valence electrons. The van der Waals surface area contributed by atoms with Crippen molar-refractivity contribution in [2.75, 3.05) is 13.2 Å². The van der Waals surface area contributed by atoms with Crippen LogP contribution in [0.25, 0.3) is 0 Å². The number of carbonyl (C=O) groups excluding carboxylic acids is 3. The zero-order valence-electron chi connectivity index (χ0n) is 20.0. The molecule has 0 aliphatic carbocycles. The maximum atomic E-state index is 13.1. The molecule has 2 amide bonds. The molecule has 3 unspecified atom stereocenters. The maximum absolute atomic E-state index is 13.1. The molecule has 1 aromatic carbocycles. The lowest BCUT2D eigenvalue weighted by Crippen LogP contribution is -2.50. The number of esters is 1. The molecule has 1 aliphatic rings. The largest absolute Gasteiger partial charge is 0.463 e. The van der Waals surface area contributed by atoms with Gasteiger partial charge in [-0.3, -0.25) is 14.4 Å². The predicted molar refractivity (Wildman–Crippen MR) is 127 cm³/mol. The molecule has 1 aromatic rings. The number of hydrogen-bond acceptors (Lipinski definition) is 5. The number of cyclic esters (lactones) is 1. The van der Waals surface area contributed by atoms with Crippen LogP contribution < -0.4 is 10.6 Å². The van der Waals surface area contributed by atoms with Gasteiger partial charge in [-0.25, -0.2) is 0 Å². The van der Waals surface area contributed by atoms with E-state index in [0.29, 0.717) is 32.1 Å². The van der Waals surface area contributed by atoms with E-state index in [0.717, 1.165) is 5.56 Å². The summed E-state index contributed by atoms with van der Waals surface area (Å²) in [7, 11) is 0. The Balaban J connectivity index is 2.07. The van der Waals surface area contributed by atoms with Crippen molar-refractivity contribution >= 4 is 17.8 Å². The van der Waals surface area contributed by atoms with Crippen LogP contribution >= 0.6 is 0 Å². The number of benzene rings is 1. The normalized spacial score (nSPS) is 21.6. The van der Waals surface area contributed by atoms with E-state index in [4.69, 9.17) is 4.74 Å². The minimum Gasteiger partial charge on any atom is -0.463 e. The molecule has 0 spiro atoms. The standard InChI is InChI=1S/C26H38N2O5/c1-26(2,3)22-18-33-24(31)14-10-5-4-9-13-20(25(32)28-22)16-23(30)27-21(17-29)15-19-11-7-6-8-12-19/h4,6-9,11-12,20-22,29H,5,10,13-18H2,1-3H3,(H,27,30)(H,28,32). The van der Waals surface area contributed by atoms with Crippen molar-refractivity contribution in [2.24, 2.45) is 11.3 Å². The third-order valence-electron chi connectivity index (χ3n) is 5.82. The summed E-state index contributed by atoms with van der Waals surface area (Å²) >= 11 is 0. The lowest BCUT2D eigenvalue weighted by molar-refractivity contribution is -0.146. The quantitative estimate of drug-likeness (QED) is 0.449. The van der Waals surface area contributed by atoms with Gasteiger partial charge < -0.3 is 20.5 Å². The van der Waals surface area contributed by atoms with Crippen molar-refractivity contribution < 1.29 is 24.2 Å². The first-order valence-corrected chi connectivity index (χ1v) is 11.7. The van der Waals surface area contributed by atoms with E-state index in [-0.39, 0.29) is 48.9 Å². The Kier molecular flexibility index (Phi) is 10.6. The Hall–Kier alpha value is -2.67. The van der Waals surface area contributed by atoms with Crippen molar-refractivity contribution in [1.29, 1.82) is 0 Å². The summed E-state index contributed by atoms with van der Waals surface area (Å²) in [6.07, 6.45) is 6.52. The SMILES string of the molecule is CC(C)(C)C1COC(=O)CCCC=CCC(CC(=O)NC(CO)Cc2ccccc2)C(=O)N1. The second-order valence-corrected chi connectivity index (χ2v) is 9.75. The van der Waals surface area contributed by atoms with Gasteiger partial charge in [-0.2, -0.15) is 0 Å². The van der Waals surface area contributed by atoms with Crippen LogP contribution in [0.1, 0.15) is 58.4 Å². The summed E-state index contributed by atoms with van der Waals surface area (Å²) in [5, 5.41) is 15.6. The molecule has 3 N–H and O–H groups in total. The van der Waals surface area contributed by atoms with Gasteiger partial charge in [0.25, 0.3) is 0 Å². The monoisotopic (exact) mass is 458 g/mol. The Morgan fingerprint density at radius 1 is 1.21 bits per heavy atom. The second-order valence-electron chi connectivity index (χ2n) is 9.75. The molecule has 0 radical (unpaired) electrons. The van der Waals surface area contributed by atoms with Gasteiger partial charge in [-0.1, -0.05) is 63.3 Å². The van der Waals surface area contributed by atoms with E-state index in [1.807, 2.05) is 63.3 Å². The number of nitrogens with one attached hydrogen (secondary N) is 2. The lowest BCUT2D eigenvalue weighted by atomic mass is 9.86. The summed E-state index contributed by atoms with van der Waals surface area (Å²) in [5.41, 5.74) is 0.693. The van der Waals surface area contributed by atoms with Gasteiger partial charge in [0.15, 0.2) is 0 Å². The summed E-state index contributed by atoms with van der Waals surface area (Å²) in [4.78, 5) is 37.9. The van der Waals surface area contributed by atoms with E-state index < -0.39 is 12.0 Å². The van der Waals surface area contributed by atoms with Crippen LogP contribution in [0.15, 0.2) is 42.5 Å². The number of rotatable bonds is 6. The summed E-state index contributed by atoms with van der Waals surface area (Å²) < 4.78 is 5.40. The minimum atomic E-state index is -0.557. The van der Waals surface area contributed by atoms with Crippen molar-refractivity contribution in [3.8, 4) is 0 Å². The number of ether oxygens (including phenoxy) is 1. The summed E-state index contributed by atoms with van der Waals surface area (Å²) in [6, 6.07) is 8.85. The van der Waals surface area contributed by atoms with Gasteiger partial charge in [0.2, 0.25) is 11.8 Å². The van der Waals surface area contributed by atoms with E-state index >= 15 is 0 Å². The highest BCUT2D eigenvalue weighted by Crippen LogP contribution is 2.22. The van der Waals surface area contributed by atoms with E-state index in [1.165, 1.54) is 0 Å². The van der Waals surface area contributed by atoms with Crippen LogP contribution in [-0.4, -0.2) is 48.2 Å². The highest BCUT2D eigenvalue weighted by atomic mass is 16.5. The van der Waals surface area contributed by atoms with Crippen LogP contribution in [0.3, 0.4) is 0 Å². The molecule has 2 rings (SSSR count). The fourth-order valence-electron chi connectivity index (χ4n) is 3.64. The fourth-order valence-corrected chi connectivity index (χ4v) is 3.64. The molecule has 0 saturated carbocycles. The van der Waals surface area contributed by atoms with Crippen LogP contribution in [0, 0.1) is 11.3 Å².